The molecule has 1 atom stereocenters. The number of methoxy groups -OCH3 is 1. The van der Waals surface area contributed by atoms with Crippen LogP contribution in [0.2, 0.25) is 0 Å². The van der Waals surface area contributed by atoms with Gasteiger partial charge in [-0.1, -0.05) is 0 Å². The van der Waals surface area contributed by atoms with Crippen LogP contribution in [0.25, 0.3) is 0 Å². The maximum Gasteiger partial charge on any atom is 0.116 e. The monoisotopic (exact) mass is 202 g/mol. The molecular formula is C9H18N2O3. The van der Waals surface area contributed by atoms with E-state index in [9.17, 15) is 0 Å². The maximum absolute atomic E-state index is 8.34. The summed E-state index contributed by atoms with van der Waals surface area (Å²) >= 11 is 0. The summed E-state index contributed by atoms with van der Waals surface area (Å²) < 4.78 is 15.1. The van der Waals surface area contributed by atoms with Gasteiger partial charge in [-0.05, 0) is 6.42 Å². The first-order valence-corrected chi connectivity index (χ1v) is 4.61. The number of rotatable bonds is 9. The number of ether oxygens (including phenoxy) is 3. The molecule has 14 heavy (non-hydrogen) atoms. The van der Waals surface area contributed by atoms with Gasteiger partial charge in [-0.2, -0.15) is 5.26 Å². The van der Waals surface area contributed by atoms with E-state index in [1.807, 2.05) is 6.07 Å². The molecule has 5 nitrogen and oxygen atoms in total. The van der Waals surface area contributed by atoms with Crippen LogP contribution in [-0.4, -0.2) is 46.2 Å². The predicted octanol–water partition coefficient (Wildman–Crippen LogP) is -0.0930. The summed E-state index contributed by atoms with van der Waals surface area (Å²) in [5.74, 6) is 0. The van der Waals surface area contributed by atoms with Crippen LogP contribution in [-0.2, 0) is 14.2 Å². The van der Waals surface area contributed by atoms with Crippen LogP contribution < -0.4 is 5.73 Å². The number of hydrogen-bond acceptors (Lipinski definition) is 5. The van der Waals surface area contributed by atoms with E-state index >= 15 is 0 Å². The average molecular weight is 202 g/mol. The molecule has 0 bridgehead atoms. The zero-order valence-electron chi connectivity index (χ0n) is 8.57. The summed E-state index contributed by atoms with van der Waals surface area (Å²) in [4.78, 5) is 0. The van der Waals surface area contributed by atoms with Gasteiger partial charge in [0, 0.05) is 20.3 Å². The third-order valence-electron chi connectivity index (χ3n) is 1.47. The van der Waals surface area contributed by atoms with E-state index in [2.05, 4.69) is 0 Å². The Labute approximate surface area is 84.7 Å². The molecule has 0 aliphatic heterocycles. The van der Waals surface area contributed by atoms with Crippen LogP contribution in [0.4, 0.5) is 0 Å². The van der Waals surface area contributed by atoms with Crippen LogP contribution >= 0.6 is 0 Å². The summed E-state index contributed by atoms with van der Waals surface area (Å²) in [5.41, 5.74) is 5.32. The van der Waals surface area contributed by atoms with Crippen molar-refractivity contribution in [1.29, 1.82) is 5.26 Å². The lowest BCUT2D eigenvalue weighted by Crippen LogP contribution is -2.24. The number of nitriles is 1. The van der Waals surface area contributed by atoms with Crippen molar-refractivity contribution in [2.75, 3.05) is 40.1 Å². The Morgan fingerprint density at radius 2 is 1.93 bits per heavy atom. The van der Waals surface area contributed by atoms with Gasteiger partial charge in [-0.15, -0.1) is 0 Å². The van der Waals surface area contributed by atoms with Gasteiger partial charge in [0.2, 0.25) is 0 Å². The molecule has 0 rings (SSSR count). The lowest BCUT2D eigenvalue weighted by Gasteiger charge is -2.05. The van der Waals surface area contributed by atoms with Crippen molar-refractivity contribution in [2.45, 2.75) is 12.5 Å². The molecule has 0 saturated carbocycles. The van der Waals surface area contributed by atoms with Gasteiger partial charge in [0.15, 0.2) is 0 Å². The fourth-order valence-electron chi connectivity index (χ4n) is 0.755. The van der Waals surface area contributed by atoms with E-state index in [1.165, 1.54) is 0 Å². The van der Waals surface area contributed by atoms with E-state index in [0.717, 1.165) is 6.42 Å². The third-order valence-corrected chi connectivity index (χ3v) is 1.47. The zero-order valence-corrected chi connectivity index (χ0v) is 8.57. The smallest absolute Gasteiger partial charge is 0.116 e. The minimum absolute atomic E-state index is 0.286. The number of nitrogens with zero attached hydrogens (tertiary/aromatic N) is 1. The number of hydrogen-bond donors (Lipinski definition) is 1. The van der Waals surface area contributed by atoms with E-state index in [4.69, 9.17) is 25.2 Å². The predicted molar refractivity (Wildman–Crippen MR) is 51.7 cm³/mol. The SMILES string of the molecule is COCCOCCCOCC(N)C#N. The third kappa shape index (κ3) is 9.42. The molecule has 0 amide bonds. The van der Waals surface area contributed by atoms with Crippen molar-refractivity contribution in [1.82, 2.24) is 0 Å². The molecule has 0 fully saturated rings. The highest BCUT2D eigenvalue weighted by atomic mass is 16.5. The molecule has 0 radical (unpaired) electrons. The molecule has 0 saturated heterocycles. The highest BCUT2D eigenvalue weighted by Gasteiger charge is 1.98. The number of nitrogens with two attached hydrogens (primary N) is 1. The van der Waals surface area contributed by atoms with Crippen molar-refractivity contribution in [2.24, 2.45) is 5.73 Å². The molecule has 82 valence electrons. The Hall–Kier alpha value is -0.670. The highest BCUT2D eigenvalue weighted by molar-refractivity contribution is 4.85. The van der Waals surface area contributed by atoms with Crippen LogP contribution in [0.1, 0.15) is 6.42 Å². The summed E-state index contributed by atoms with van der Waals surface area (Å²) in [7, 11) is 1.63. The van der Waals surface area contributed by atoms with E-state index < -0.39 is 6.04 Å². The van der Waals surface area contributed by atoms with E-state index in [0.29, 0.717) is 26.4 Å². The summed E-state index contributed by atoms with van der Waals surface area (Å²) in [6, 6.07) is 1.37. The van der Waals surface area contributed by atoms with E-state index in [-0.39, 0.29) is 6.61 Å². The van der Waals surface area contributed by atoms with Gasteiger partial charge in [0.05, 0.1) is 25.9 Å². The van der Waals surface area contributed by atoms with Crippen molar-refractivity contribution >= 4 is 0 Å². The second kappa shape index (κ2) is 10.4. The van der Waals surface area contributed by atoms with Gasteiger partial charge in [0.25, 0.3) is 0 Å². The Morgan fingerprint density at radius 1 is 1.21 bits per heavy atom. The summed E-state index contributed by atoms with van der Waals surface area (Å²) in [6.45, 7) is 2.72. The molecule has 0 aliphatic carbocycles. The topological polar surface area (TPSA) is 77.5 Å². The standard InChI is InChI=1S/C9H18N2O3/c1-12-5-6-13-3-2-4-14-8-9(11)7-10/h9H,2-6,8,11H2,1H3. The van der Waals surface area contributed by atoms with Gasteiger partial charge < -0.3 is 19.9 Å². The van der Waals surface area contributed by atoms with Crippen LogP contribution in [0.3, 0.4) is 0 Å². The van der Waals surface area contributed by atoms with Crippen molar-refractivity contribution < 1.29 is 14.2 Å². The minimum Gasteiger partial charge on any atom is -0.382 e. The Morgan fingerprint density at radius 3 is 2.57 bits per heavy atom. The molecule has 0 aromatic carbocycles. The van der Waals surface area contributed by atoms with E-state index in [1.54, 1.807) is 7.11 Å². The fraction of sp³-hybridized carbons (Fsp3) is 0.889. The minimum atomic E-state index is -0.524. The lowest BCUT2D eigenvalue weighted by atomic mass is 10.4. The van der Waals surface area contributed by atoms with Crippen LogP contribution in [0.5, 0.6) is 0 Å². The Balaban J connectivity index is 2.96. The van der Waals surface area contributed by atoms with Crippen molar-refractivity contribution in [3.05, 3.63) is 0 Å². The first kappa shape index (κ1) is 13.3. The molecule has 0 aromatic rings. The first-order valence-electron chi connectivity index (χ1n) is 4.61. The molecule has 2 N–H and O–H groups in total. The molecular weight excluding hydrogens is 184 g/mol. The maximum atomic E-state index is 8.34. The molecule has 0 aliphatic rings. The quantitative estimate of drug-likeness (QED) is 0.528. The molecule has 1 unspecified atom stereocenters. The summed E-state index contributed by atoms with van der Waals surface area (Å²) in [5, 5.41) is 8.34. The van der Waals surface area contributed by atoms with Gasteiger partial charge in [0.1, 0.15) is 6.04 Å². The normalized spacial score (nSPS) is 12.4. The molecule has 0 heterocycles. The second-order valence-corrected chi connectivity index (χ2v) is 2.77. The Kier molecular flexibility index (Phi) is 9.91. The highest BCUT2D eigenvalue weighted by Crippen LogP contribution is 1.87. The van der Waals surface area contributed by atoms with Crippen molar-refractivity contribution in [3.8, 4) is 6.07 Å². The van der Waals surface area contributed by atoms with Crippen LogP contribution in [0, 0.1) is 11.3 Å². The second-order valence-electron chi connectivity index (χ2n) is 2.77. The van der Waals surface area contributed by atoms with Crippen LogP contribution in [0.15, 0.2) is 0 Å². The van der Waals surface area contributed by atoms with Gasteiger partial charge in [-0.25, -0.2) is 0 Å². The zero-order chi connectivity index (χ0) is 10.6. The average Bonchev–Trinajstić information content (AvgIpc) is 2.21. The van der Waals surface area contributed by atoms with Gasteiger partial charge in [-0.3, -0.25) is 0 Å². The first-order chi connectivity index (χ1) is 6.81. The fourth-order valence-corrected chi connectivity index (χ4v) is 0.755. The lowest BCUT2D eigenvalue weighted by molar-refractivity contribution is 0.0509. The molecule has 0 aromatic heterocycles. The molecule has 5 heteroatoms. The summed E-state index contributed by atoms with van der Waals surface area (Å²) in [6.07, 6.45) is 0.807. The largest absolute Gasteiger partial charge is 0.382 e. The van der Waals surface area contributed by atoms with Crippen molar-refractivity contribution in [3.63, 3.8) is 0 Å². The molecule has 0 spiro atoms. The Bertz CT molecular complexity index is 159. The van der Waals surface area contributed by atoms with Gasteiger partial charge >= 0.3 is 0 Å².